The zero-order valence-electron chi connectivity index (χ0n) is 10.0. The van der Waals surface area contributed by atoms with Crippen molar-refractivity contribution in [3.05, 3.63) is 33.4 Å². The number of nitrogens with zero attached hydrogens (tertiary/aromatic N) is 1. The van der Waals surface area contributed by atoms with Gasteiger partial charge in [-0.2, -0.15) is 0 Å². The number of carbonyl (C=O) groups excluding carboxylic acids is 1. The molecule has 0 spiro atoms. The van der Waals surface area contributed by atoms with Crippen LogP contribution in [0.1, 0.15) is 30.6 Å². The van der Waals surface area contributed by atoms with Gasteiger partial charge in [0.15, 0.2) is 0 Å². The first-order valence-electron chi connectivity index (χ1n) is 5.55. The molecule has 1 atom stereocenters. The summed E-state index contributed by atoms with van der Waals surface area (Å²) >= 11 is 2.22. The van der Waals surface area contributed by atoms with Crippen LogP contribution in [-0.2, 0) is 0 Å². The van der Waals surface area contributed by atoms with Crippen LogP contribution in [0.25, 0.3) is 0 Å². The van der Waals surface area contributed by atoms with Gasteiger partial charge >= 0.3 is 0 Å². The molecule has 0 bridgehead atoms. The summed E-state index contributed by atoms with van der Waals surface area (Å²) in [7, 11) is 1.87. The highest BCUT2D eigenvalue weighted by Crippen LogP contribution is 2.11. The Morgan fingerprint density at radius 2 is 2.19 bits per heavy atom. The molecule has 1 aromatic carbocycles. The molecule has 0 aliphatic carbocycles. The van der Waals surface area contributed by atoms with Crippen molar-refractivity contribution in [2.45, 2.75) is 20.3 Å². The van der Waals surface area contributed by atoms with Crippen molar-refractivity contribution < 1.29 is 4.79 Å². The Labute approximate surface area is 111 Å². The monoisotopic (exact) mass is 331 g/mol. The third kappa shape index (κ3) is 3.77. The van der Waals surface area contributed by atoms with E-state index in [4.69, 9.17) is 0 Å². The molecule has 1 rings (SSSR count). The van der Waals surface area contributed by atoms with Crippen LogP contribution in [0.5, 0.6) is 0 Å². The van der Waals surface area contributed by atoms with Crippen molar-refractivity contribution in [1.82, 2.24) is 4.90 Å². The summed E-state index contributed by atoms with van der Waals surface area (Å²) in [6, 6.07) is 7.71. The lowest BCUT2D eigenvalue weighted by Crippen LogP contribution is -2.30. The molecule has 3 heteroatoms. The van der Waals surface area contributed by atoms with Gasteiger partial charge in [-0.25, -0.2) is 0 Å². The molecule has 0 aromatic heterocycles. The molecule has 0 saturated carbocycles. The minimum atomic E-state index is 0.110. The van der Waals surface area contributed by atoms with Gasteiger partial charge in [0, 0.05) is 22.7 Å². The summed E-state index contributed by atoms with van der Waals surface area (Å²) in [4.78, 5) is 13.9. The van der Waals surface area contributed by atoms with Crippen LogP contribution in [-0.4, -0.2) is 24.4 Å². The quantitative estimate of drug-likeness (QED) is 0.775. The summed E-state index contributed by atoms with van der Waals surface area (Å²) in [6.07, 6.45) is 1.10. The van der Waals surface area contributed by atoms with Gasteiger partial charge in [0.2, 0.25) is 0 Å². The lowest BCUT2D eigenvalue weighted by molar-refractivity contribution is 0.0775. The molecular weight excluding hydrogens is 313 g/mol. The molecule has 1 aromatic rings. The Hall–Kier alpha value is -0.580. The summed E-state index contributed by atoms with van der Waals surface area (Å²) in [5, 5.41) is 0. The van der Waals surface area contributed by atoms with Gasteiger partial charge in [-0.05, 0) is 46.7 Å². The molecule has 1 unspecified atom stereocenters. The van der Waals surface area contributed by atoms with Crippen LogP contribution in [0.2, 0.25) is 0 Å². The van der Waals surface area contributed by atoms with Crippen LogP contribution >= 0.6 is 22.6 Å². The van der Waals surface area contributed by atoms with E-state index in [0.29, 0.717) is 5.92 Å². The van der Waals surface area contributed by atoms with E-state index in [-0.39, 0.29) is 5.91 Å². The second-order valence-electron chi connectivity index (χ2n) is 4.21. The van der Waals surface area contributed by atoms with Crippen LogP contribution in [0.3, 0.4) is 0 Å². The van der Waals surface area contributed by atoms with Gasteiger partial charge in [-0.15, -0.1) is 0 Å². The van der Waals surface area contributed by atoms with E-state index in [9.17, 15) is 4.79 Å². The zero-order valence-corrected chi connectivity index (χ0v) is 12.2. The molecule has 0 radical (unpaired) electrons. The average Bonchev–Trinajstić information content (AvgIpc) is 2.27. The third-order valence-electron chi connectivity index (χ3n) is 2.70. The van der Waals surface area contributed by atoms with Crippen molar-refractivity contribution in [2.75, 3.05) is 13.6 Å². The fraction of sp³-hybridized carbons (Fsp3) is 0.462. The Morgan fingerprint density at radius 1 is 1.50 bits per heavy atom. The molecule has 0 saturated heterocycles. The van der Waals surface area contributed by atoms with E-state index in [0.717, 1.165) is 22.1 Å². The van der Waals surface area contributed by atoms with E-state index < -0.39 is 0 Å². The van der Waals surface area contributed by atoms with Crippen LogP contribution < -0.4 is 0 Å². The van der Waals surface area contributed by atoms with Crippen LogP contribution in [0, 0.1) is 9.49 Å². The van der Waals surface area contributed by atoms with E-state index >= 15 is 0 Å². The highest BCUT2D eigenvalue weighted by Gasteiger charge is 2.13. The normalized spacial score (nSPS) is 12.2. The number of halogens is 1. The first kappa shape index (κ1) is 13.5. The SMILES string of the molecule is CCC(C)CN(C)C(=O)c1cccc(I)c1. The number of hydrogen-bond donors (Lipinski definition) is 0. The predicted molar refractivity (Wildman–Crippen MR) is 75.6 cm³/mol. The number of carbonyl (C=O) groups is 1. The first-order valence-corrected chi connectivity index (χ1v) is 6.63. The molecule has 2 nitrogen and oxygen atoms in total. The van der Waals surface area contributed by atoms with Crippen LogP contribution in [0.15, 0.2) is 24.3 Å². The minimum Gasteiger partial charge on any atom is -0.341 e. The summed E-state index contributed by atoms with van der Waals surface area (Å²) in [5.41, 5.74) is 0.776. The molecule has 88 valence electrons. The third-order valence-corrected chi connectivity index (χ3v) is 3.37. The van der Waals surface area contributed by atoms with Gasteiger partial charge in [0.1, 0.15) is 0 Å². The average molecular weight is 331 g/mol. The molecule has 0 aliphatic heterocycles. The van der Waals surface area contributed by atoms with Gasteiger partial charge in [0.05, 0.1) is 0 Å². The largest absolute Gasteiger partial charge is 0.341 e. The predicted octanol–water partition coefficient (Wildman–Crippen LogP) is 3.41. The maximum absolute atomic E-state index is 12.1. The van der Waals surface area contributed by atoms with Gasteiger partial charge < -0.3 is 4.90 Å². The first-order chi connectivity index (χ1) is 7.54. The highest BCUT2D eigenvalue weighted by atomic mass is 127. The number of amides is 1. The summed E-state index contributed by atoms with van der Waals surface area (Å²) in [5.74, 6) is 0.663. The Balaban J connectivity index is 2.70. The highest BCUT2D eigenvalue weighted by molar-refractivity contribution is 14.1. The summed E-state index contributed by atoms with van der Waals surface area (Å²) in [6.45, 7) is 5.13. The summed E-state index contributed by atoms with van der Waals surface area (Å²) < 4.78 is 1.10. The topological polar surface area (TPSA) is 20.3 Å². The second-order valence-corrected chi connectivity index (χ2v) is 5.46. The number of hydrogen-bond acceptors (Lipinski definition) is 1. The van der Waals surface area contributed by atoms with Crippen molar-refractivity contribution in [3.63, 3.8) is 0 Å². The molecule has 0 aliphatic rings. The Bertz CT molecular complexity index is 365. The van der Waals surface area contributed by atoms with Crippen molar-refractivity contribution >= 4 is 28.5 Å². The fourth-order valence-corrected chi connectivity index (χ4v) is 2.06. The maximum Gasteiger partial charge on any atom is 0.253 e. The fourth-order valence-electron chi connectivity index (χ4n) is 1.52. The zero-order chi connectivity index (χ0) is 12.1. The Kier molecular flexibility index (Phi) is 5.25. The van der Waals surface area contributed by atoms with Crippen molar-refractivity contribution in [1.29, 1.82) is 0 Å². The van der Waals surface area contributed by atoms with E-state index in [1.165, 1.54) is 0 Å². The molecular formula is C13H18INO. The van der Waals surface area contributed by atoms with E-state index in [1.54, 1.807) is 4.90 Å². The standard InChI is InChI=1S/C13H18INO/c1-4-10(2)9-15(3)13(16)11-6-5-7-12(14)8-11/h5-8,10H,4,9H2,1-3H3. The molecule has 1 amide bonds. The molecule has 16 heavy (non-hydrogen) atoms. The van der Waals surface area contributed by atoms with Gasteiger partial charge in [0.25, 0.3) is 5.91 Å². The smallest absolute Gasteiger partial charge is 0.253 e. The van der Waals surface area contributed by atoms with Crippen molar-refractivity contribution in [3.8, 4) is 0 Å². The number of benzene rings is 1. The number of rotatable bonds is 4. The molecule has 0 N–H and O–H groups in total. The molecule has 0 fully saturated rings. The molecule has 0 heterocycles. The van der Waals surface area contributed by atoms with E-state index in [2.05, 4.69) is 36.4 Å². The van der Waals surface area contributed by atoms with E-state index in [1.807, 2.05) is 31.3 Å². The maximum atomic E-state index is 12.1. The minimum absolute atomic E-state index is 0.110. The van der Waals surface area contributed by atoms with Gasteiger partial charge in [-0.3, -0.25) is 4.79 Å². The second kappa shape index (κ2) is 6.23. The Morgan fingerprint density at radius 3 is 2.75 bits per heavy atom. The lowest BCUT2D eigenvalue weighted by atomic mass is 10.1. The van der Waals surface area contributed by atoms with Gasteiger partial charge in [-0.1, -0.05) is 26.3 Å². The van der Waals surface area contributed by atoms with Crippen molar-refractivity contribution in [2.24, 2.45) is 5.92 Å². The van der Waals surface area contributed by atoms with Crippen LogP contribution in [0.4, 0.5) is 0 Å². The lowest BCUT2D eigenvalue weighted by Gasteiger charge is -2.20.